The van der Waals surface area contributed by atoms with Crippen LogP contribution < -0.4 is 10.6 Å². The smallest absolute Gasteiger partial charge is 0.226 e. The average molecular weight is 398 g/mol. The molecule has 2 aromatic carbocycles. The number of hydrogen-bond donors (Lipinski definition) is 2. The highest BCUT2D eigenvalue weighted by atomic mass is 19.1. The van der Waals surface area contributed by atoms with Crippen molar-refractivity contribution in [3.8, 4) is 11.5 Å². The van der Waals surface area contributed by atoms with Gasteiger partial charge >= 0.3 is 0 Å². The maximum absolute atomic E-state index is 13.7. The van der Waals surface area contributed by atoms with Crippen LogP contribution in [-0.2, 0) is 13.0 Å². The van der Waals surface area contributed by atoms with E-state index in [1.807, 2.05) is 38.1 Å². The molecule has 0 amide bonds. The van der Waals surface area contributed by atoms with E-state index in [1.54, 1.807) is 6.26 Å². The Labute approximate surface area is 168 Å². The standard InChI is InChI=1S/C22H24F2N4O/c1-3-25-22(27-13-17-12-18(23)8-9-20(17)24)26-11-10-19-14-29-21(28-19)16-6-4-15(2)5-7-16/h4-9,12,14H,3,10-11,13H2,1-2H3,(H2,25,26,27). The predicted molar refractivity (Wildman–Crippen MR) is 110 cm³/mol. The number of nitrogens with one attached hydrogen (secondary N) is 2. The molecular formula is C22H24F2N4O. The van der Waals surface area contributed by atoms with Crippen molar-refractivity contribution in [2.24, 2.45) is 4.99 Å². The van der Waals surface area contributed by atoms with E-state index >= 15 is 0 Å². The van der Waals surface area contributed by atoms with Crippen LogP contribution in [-0.4, -0.2) is 24.0 Å². The summed E-state index contributed by atoms with van der Waals surface area (Å²) in [6.45, 7) is 5.23. The highest BCUT2D eigenvalue weighted by Gasteiger charge is 2.08. The number of aliphatic imine (C=N–C) groups is 1. The normalized spacial score (nSPS) is 11.5. The third-order valence-electron chi connectivity index (χ3n) is 4.28. The molecule has 0 saturated carbocycles. The van der Waals surface area contributed by atoms with Gasteiger partial charge in [-0.25, -0.2) is 18.8 Å². The van der Waals surface area contributed by atoms with Crippen LogP contribution >= 0.6 is 0 Å². The molecule has 0 atom stereocenters. The molecule has 5 nitrogen and oxygen atoms in total. The second kappa shape index (κ2) is 9.82. The van der Waals surface area contributed by atoms with Crippen LogP contribution in [0.4, 0.5) is 8.78 Å². The molecule has 1 aromatic heterocycles. The first kappa shape index (κ1) is 20.5. The second-order valence-electron chi connectivity index (χ2n) is 6.62. The number of halogens is 2. The number of nitrogens with zero attached hydrogens (tertiary/aromatic N) is 2. The first-order valence-electron chi connectivity index (χ1n) is 9.52. The Morgan fingerprint density at radius 1 is 1.10 bits per heavy atom. The number of rotatable bonds is 7. The average Bonchev–Trinajstić information content (AvgIpc) is 3.18. The maximum Gasteiger partial charge on any atom is 0.226 e. The zero-order valence-corrected chi connectivity index (χ0v) is 16.5. The van der Waals surface area contributed by atoms with E-state index in [1.165, 1.54) is 5.56 Å². The minimum Gasteiger partial charge on any atom is -0.444 e. The molecule has 0 aliphatic carbocycles. The molecule has 152 valence electrons. The SMILES string of the molecule is CCNC(=NCc1cc(F)ccc1F)NCCc1coc(-c2ccc(C)cc2)n1. The van der Waals surface area contributed by atoms with Gasteiger partial charge in [-0.2, -0.15) is 0 Å². The summed E-state index contributed by atoms with van der Waals surface area (Å²) in [5.41, 5.74) is 3.14. The largest absolute Gasteiger partial charge is 0.444 e. The van der Waals surface area contributed by atoms with Gasteiger partial charge in [0.25, 0.3) is 0 Å². The second-order valence-corrected chi connectivity index (χ2v) is 6.62. The molecule has 0 radical (unpaired) electrons. The minimum atomic E-state index is -0.482. The predicted octanol–water partition coefficient (Wildman–Crippen LogP) is 4.23. The van der Waals surface area contributed by atoms with Gasteiger partial charge in [-0.15, -0.1) is 0 Å². The Kier molecular flexibility index (Phi) is 6.94. The van der Waals surface area contributed by atoms with Crippen molar-refractivity contribution in [3.63, 3.8) is 0 Å². The third kappa shape index (κ3) is 5.88. The third-order valence-corrected chi connectivity index (χ3v) is 4.28. The summed E-state index contributed by atoms with van der Waals surface area (Å²) >= 11 is 0. The summed E-state index contributed by atoms with van der Waals surface area (Å²) in [7, 11) is 0. The summed E-state index contributed by atoms with van der Waals surface area (Å²) in [5.74, 6) is 0.155. The lowest BCUT2D eigenvalue weighted by Gasteiger charge is -2.10. The molecule has 3 rings (SSSR count). The highest BCUT2D eigenvalue weighted by molar-refractivity contribution is 5.79. The summed E-state index contributed by atoms with van der Waals surface area (Å²) in [4.78, 5) is 8.83. The number of benzene rings is 2. The van der Waals surface area contributed by atoms with E-state index in [0.717, 1.165) is 29.5 Å². The van der Waals surface area contributed by atoms with Crippen LogP contribution in [0.25, 0.3) is 11.5 Å². The quantitative estimate of drug-likeness (QED) is 0.462. The Hall–Kier alpha value is -3.22. The zero-order valence-electron chi connectivity index (χ0n) is 16.5. The lowest BCUT2D eigenvalue weighted by molar-refractivity contribution is 0.572. The van der Waals surface area contributed by atoms with Crippen molar-refractivity contribution in [3.05, 3.63) is 77.2 Å². The molecule has 3 aromatic rings. The first-order valence-corrected chi connectivity index (χ1v) is 9.52. The van der Waals surface area contributed by atoms with Gasteiger partial charge in [0, 0.05) is 30.6 Å². The molecule has 29 heavy (non-hydrogen) atoms. The van der Waals surface area contributed by atoms with E-state index in [9.17, 15) is 8.78 Å². The molecule has 0 unspecified atom stereocenters. The lowest BCUT2D eigenvalue weighted by atomic mass is 10.1. The fraction of sp³-hybridized carbons (Fsp3) is 0.273. The molecule has 7 heteroatoms. The van der Waals surface area contributed by atoms with Crippen molar-refractivity contribution in [1.82, 2.24) is 15.6 Å². The van der Waals surface area contributed by atoms with Crippen molar-refractivity contribution < 1.29 is 13.2 Å². The minimum absolute atomic E-state index is 0.0421. The van der Waals surface area contributed by atoms with Gasteiger partial charge in [-0.3, -0.25) is 0 Å². The number of aromatic nitrogens is 1. The van der Waals surface area contributed by atoms with Gasteiger partial charge < -0.3 is 15.1 Å². The summed E-state index contributed by atoms with van der Waals surface area (Å²) < 4.78 is 32.6. The topological polar surface area (TPSA) is 62.5 Å². The molecule has 0 aliphatic rings. The van der Waals surface area contributed by atoms with Gasteiger partial charge in [-0.05, 0) is 44.2 Å². The summed E-state index contributed by atoms with van der Waals surface area (Å²) in [5, 5.41) is 6.26. The lowest BCUT2D eigenvalue weighted by Crippen LogP contribution is -2.38. The molecule has 2 N–H and O–H groups in total. The molecule has 0 bridgehead atoms. The van der Waals surface area contributed by atoms with E-state index < -0.39 is 11.6 Å². The van der Waals surface area contributed by atoms with Gasteiger partial charge in [-0.1, -0.05) is 17.7 Å². The van der Waals surface area contributed by atoms with E-state index in [0.29, 0.717) is 31.4 Å². The van der Waals surface area contributed by atoms with Gasteiger partial charge in [0.15, 0.2) is 5.96 Å². The Morgan fingerprint density at radius 2 is 1.90 bits per heavy atom. The number of aryl methyl sites for hydroxylation is 1. The maximum atomic E-state index is 13.7. The number of hydrogen-bond acceptors (Lipinski definition) is 3. The van der Waals surface area contributed by atoms with Crippen LogP contribution in [0.1, 0.15) is 23.7 Å². The van der Waals surface area contributed by atoms with E-state index in [4.69, 9.17) is 4.42 Å². The first-order chi connectivity index (χ1) is 14.0. The summed E-state index contributed by atoms with van der Waals surface area (Å²) in [6.07, 6.45) is 2.27. The molecule has 0 fully saturated rings. The fourth-order valence-corrected chi connectivity index (χ4v) is 2.73. The molecule has 0 spiro atoms. The van der Waals surface area contributed by atoms with Crippen LogP contribution in [0.2, 0.25) is 0 Å². The number of guanidine groups is 1. The van der Waals surface area contributed by atoms with Crippen molar-refractivity contribution in [2.75, 3.05) is 13.1 Å². The summed E-state index contributed by atoms with van der Waals surface area (Å²) in [6, 6.07) is 11.3. The van der Waals surface area contributed by atoms with Crippen molar-refractivity contribution >= 4 is 5.96 Å². The molecule has 0 aliphatic heterocycles. The Morgan fingerprint density at radius 3 is 2.66 bits per heavy atom. The van der Waals surface area contributed by atoms with Crippen molar-refractivity contribution in [1.29, 1.82) is 0 Å². The molecular weight excluding hydrogens is 374 g/mol. The Bertz CT molecular complexity index is 967. The van der Waals surface area contributed by atoms with Crippen molar-refractivity contribution in [2.45, 2.75) is 26.8 Å². The molecule has 0 saturated heterocycles. The van der Waals surface area contributed by atoms with Crippen LogP contribution in [0.3, 0.4) is 0 Å². The fourth-order valence-electron chi connectivity index (χ4n) is 2.73. The highest BCUT2D eigenvalue weighted by Crippen LogP contribution is 2.19. The monoisotopic (exact) mass is 398 g/mol. The van der Waals surface area contributed by atoms with Gasteiger partial charge in [0.05, 0.1) is 12.2 Å². The van der Waals surface area contributed by atoms with Crippen LogP contribution in [0, 0.1) is 18.6 Å². The van der Waals surface area contributed by atoms with E-state index in [-0.39, 0.29) is 12.1 Å². The van der Waals surface area contributed by atoms with Crippen LogP contribution in [0.5, 0.6) is 0 Å². The van der Waals surface area contributed by atoms with E-state index in [2.05, 4.69) is 20.6 Å². The van der Waals surface area contributed by atoms with Gasteiger partial charge in [0.2, 0.25) is 5.89 Å². The molecule has 1 heterocycles. The zero-order chi connectivity index (χ0) is 20.6. The van der Waals surface area contributed by atoms with Gasteiger partial charge in [0.1, 0.15) is 17.9 Å². The Balaban J connectivity index is 1.57. The number of oxazole rings is 1. The van der Waals surface area contributed by atoms with Crippen LogP contribution in [0.15, 0.2) is 58.1 Å².